The number of carbonyl (C=O) groups is 1. The minimum atomic E-state index is -1.21. The Kier molecular flexibility index (Phi) is 8.80. The largest absolute Gasteiger partial charge is 0.530 e. The lowest BCUT2D eigenvalue weighted by Gasteiger charge is -1.99. The van der Waals surface area contributed by atoms with Gasteiger partial charge in [0.15, 0.2) is 18.5 Å². The van der Waals surface area contributed by atoms with E-state index in [9.17, 15) is 15.0 Å². The van der Waals surface area contributed by atoms with Crippen molar-refractivity contribution in [2.24, 2.45) is 0 Å². The molecular weight excluding hydrogens is 336 g/mol. The maximum atomic E-state index is 9.72. The van der Waals surface area contributed by atoms with Gasteiger partial charge < -0.3 is 20.3 Å². The number of nitrogens with zero attached hydrogens (tertiary/aromatic N) is 1. The van der Waals surface area contributed by atoms with E-state index in [0.29, 0.717) is 18.8 Å². The Morgan fingerprint density at radius 2 is 2.10 bits per heavy atom. The molecule has 0 aliphatic carbocycles. The van der Waals surface area contributed by atoms with Crippen LogP contribution in [0.3, 0.4) is 0 Å². The zero-order valence-corrected chi connectivity index (χ0v) is 13.5. The Morgan fingerprint density at radius 1 is 1.43 bits per heavy atom. The molecule has 6 heteroatoms. The molecular formula is C15H19BrN2O3. The number of carbonyl (C=O) groups excluding carboxylic acids is 1. The number of hydrogen-bond acceptors (Lipinski definition) is 3. The molecule has 0 radical (unpaired) electrons. The highest BCUT2D eigenvalue weighted by atomic mass is 79.9. The summed E-state index contributed by atoms with van der Waals surface area (Å²) in [7, 11) is 0. The topological polar surface area (TPSA) is 76.3 Å². The second-order valence-corrected chi connectivity index (χ2v) is 3.98. The van der Waals surface area contributed by atoms with Crippen LogP contribution in [-0.4, -0.2) is 17.7 Å². The standard InChI is InChI=1S/C12H11NO.C3H7NO2.BrH/c1-2-8-13-9-4-6-10-5-3-7-11(14)12(10)13;1-2-4-3(5)6;/h2-7,9H,1,8H2;4H,2H2,1H3,(H,5,6);1H. The summed E-state index contributed by atoms with van der Waals surface area (Å²) in [4.78, 5) is 9.38. The molecule has 5 nitrogen and oxygen atoms in total. The fourth-order valence-corrected chi connectivity index (χ4v) is 1.76. The van der Waals surface area contributed by atoms with E-state index in [0.717, 1.165) is 10.9 Å². The molecule has 0 aliphatic heterocycles. The predicted octanol–water partition coefficient (Wildman–Crippen LogP) is 1.54. The van der Waals surface area contributed by atoms with Crippen molar-refractivity contribution in [3.05, 3.63) is 49.2 Å². The van der Waals surface area contributed by atoms with Gasteiger partial charge in [0.2, 0.25) is 0 Å². The van der Waals surface area contributed by atoms with Gasteiger partial charge in [0, 0.05) is 12.6 Å². The zero-order chi connectivity index (χ0) is 15.0. The Hall–Kier alpha value is -2.08. The number of pyridine rings is 1. The minimum Gasteiger partial charge on any atom is -0.530 e. The maximum Gasteiger partial charge on any atom is 0.254 e. The highest BCUT2D eigenvalue weighted by Gasteiger charge is 2.10. The number of phenolic OH excluding ortho intramolecular Hbond substituents is 1. The average molecular weight is 355 g/mol. The van der Waals surface area contributed by atoms with Crippen molar-refractivity contribution < 1.29 is 19.6 Å². The summed E-state index contributed by atoms with van der Waals surface area (Å²) in [5.74, 6) is 0.310. The number of hydrogen-bond donors (Lipinski definition) is 2. The second kappa shape index (κ2) is 9.77. The van der Waals surface area contributed by atoms with Crippen LogP contribution in [0, 0.1) is 0 Å². The highest BCUT2D eigenvalue weighted by molar-refractivity contribution is 8.93. The molecule has 0 saturated heterocycles. The van der Waals surface area contributed by atoms with Crippen LogP contribution in [0.1, 0.15) is 6.92 Å². The van der Waals surface area contributed by atoms with E-state index in [1.54, 1.807) is 13.0 Å². The Labute approximate surface area is 134 Å². The van der Waals surface area contributed by atoms with Gasteiger partial charge in [-0.25, -0.2) is 0 Å². The third-order valence-electron chi connectivity index (χ3n) is 2.52. The number of nitrogens with one attached hydrogen (secondary N) is 1. The lowest BCUT2D eigenvalue weighted by Crippen LogP contribution is -2.35. The average Bonchev–Trinajstić information content (AvgIpc) is 2.40. The number of fused-ring (bicyclic) bond motifs is 1. The summed E-state index contributed by atoms with van der Waals surface area (Å²) >= 11 is 0. The molecule has 1 aromatic heterocycles. The third-order valence-corrected chi connectivity index (χ3v) is 2.52. The first-order valence-electron chi connectivity index (χ1n) is 6.26. The maximum absolute atomic E-state index is 9.72. The number of rotatable bonds is 3. The molecule has 1 heterocycles. The summed E-state index contributed by atoms with van der Waals surface area (Å²) in [5.41, 5.74) is 0.856. The van der Waals surface area contributed by atoms with E-state index in [-0.39, 0.29) is 17.0 Å². The van der Waals surface area contributed by atoms with Crippen LogP contribution in [0.5, 0.6) is 5.75 Å². The van der Waals surface area contributed by atoms with E-state index in [1.807, 2.05) is 46.4 Å². The predicted molar refractivity (Wildman–Crippen MR) is 85.4 cm³/mol. The van der Waals surface area contributed by atoms with Crippen molar-refractivity contribution >= 4 is 34.0 Å². The van der Waals surface area contributed by atoms with Gasteiger partial charge >= 0.3 is 0 Å². The number of allylic oxidation sites excluding steroid dienone is 1. The number of para-hydroxylation sites is 1. The molecule has 0 aliphatic rings. The smallest absolute Gasteiger partial charge is 0.254 e. The highest BCUT2D eigenvalue weighted by Crippen LogP contribution is 2.19. The van der Waals surface area contributed by atoms with E-state index < -0.39 is 6.09 Å². The summed E-state index contributed by atoms with van der Waals surface area (Å²) < 4.78 is 1.97. The molecule has 2 aromatic rings. The SMILES string of the molecule is Br.C=CC[n+]1cccc2cccc(O)c21.CCNC(=O)[O-]. The van der Waals surface area contributed by atoms with Gasteiger partial charge in [0.25, 0.3) is 5.52 Å². The number of aromatic nitrogens is 1. The quantitative estimate of drug-likeness (QED) is 0.648. The van der Waals surface area contributed by atoms with Crippen LogP contribution in [0.15, 0.2) is 49.2 Å². The van der Waals surface area contributed by atoms with E-state index in [4.69, 9.17) is 0 Å². The molecule has 2 N–H and O–H groups in total. The van der Waals surface area contributed by atoms with Crippen LogP contribution in [0.4, 0.5) is 4.79 Å². The lowest BCUT2D eigenvalue weighted by molar-refractivity contribution is -0.661. The van der Waals surface area contributed by atoms with Gasteiger partial charge in [0.1, 0.15) is 6.09 Å². The Bertz CT molecular complexity index is 597. The first-order valence-corrected chi connectivity index (χ1v) is 6.26. The molecule has 2 rings (SSSR count). The van der Waals surface area contributed by atoms with E-state index in [1.165, 1.54) is 0 Å². The van der Waals surface area contributed by atoms with E-state index in [2.05, 4.69) is 6.58 Å². The second-order valence-electron chi connectivity index (χ2n) is 3.98. The monoisotopic (exact) mass is 354 g/mol. The fourth-order valence-electron chi connectivity index (χ4n) is 1.76. The third kappa shape index (κ3) is 5.83. The molecule has 1 amide bonds. The van der Waals surface area contributed by atoms with Gasteiger partial charge in [-0.3, -0.25) is 0 Å². The molecule has 1 aromatic carbocycles. The summed E-state index contributed by atoms with van der Waals surface area (Å²) in [6, 6.07) is 9.46. The van der Waals surface area contributed by atoms with Crippen LogP contribution in [-0.2, 0) is 6.54 Å². The molecule has 0 bridgehead atoms. The van der Waals surface area contributed by atoms with Gasteiger partial charge in [0.05, 0.1) is 5.39 Å². The van der Waals surface area contributed by atoms with Gasteiger partial charge in [-0.05, 0) is 31.2 Å². The normalized spacial score (nSPS) is 9.00. The van der Waals surface area contributed by atoms with Crippen molar-refractivity contribution in [1.29, 1.82) is 0 Å². The number of aromatic hydroxyl groups is 1. The van der Waals surface area contributed by atoms with Crippen molar-refractivity contribution in [2.45, 2.75) is 13.5 Å². The first-order chi connectivity index (χ1) is 9.60. The summed E-state index contributed by atoms with van der Waals surface area (Å²) in [5, 5.41) is 22.2. The van der Waals surface area contributed by atoms with Gasteiger partial charge in [-0.2, -0.15) is 4.57 Å². The lowest BCUT2D eigenvalue weighted by atomic mass is 10.2. The van der Waals surface area contributed by atoms with Crippen LogP contribution in [0.2, 0.25) is 0 Å². The van der Waals surface area contributed by atoms with Crippen molar-refractivity contribution in [2.75, 3.05) is 6.54 Å². The van der Waals surface area contributed by atoms with Crippen LogP contribution < -0.4 is 15.0 Å². The number of benzene rings is 1. The number of amides is 1. The number of halogens is 1. The first kappa shape index (κ1) is 18.9. The minimum absolute atomic E-state index is 0. The van der Waals surface area contributed by atoms with Crippen molar-refractivity contribution in [1.82, 2.24) is 5.32 Å². The molecule has 0 unspecified atom stereocenters. The number of carboxylic acid groups (broad SMARTS) is 1. The molecule has 0 spiro atoms. The number of phenols is 1. The zero-order valence-electron chi connectivity index (χ0n) is 11.8. The van der Waals surface area contributed by atoms with Crippen molar-refractivity contribution in [3.63, 3.8) is 0 Å². The van der Waals surface area contributed by atoms with Crippen LogP contribution >= 0.6 is 17.0 Å². The van der Waals surface area contributed by atoms with Gasteiger partial charge in [-0.1, -0.05) is 12.6 Å². The summed E-state index contributed by atoms with van der Waals surface area (Å²) in [6.07, 6.45) is 2.54. The summed E-state index contributed by atoms with van der Waals surface area (Å²) in [6.45, 7) is 6.50. The molecule has 0 atom stereocenters. The van der Waals surface area contributed by atoms with Crippen molar-refractivity contribution in [3.8, 4) is 5.75 Å². The fraction of sp³-hybridized carbons (Fsp3) is 0.200. The molecule has 21 heavy (non-hydrogen) atoms. The Morgan fingerprint density at radius 3 is 2.62 bits per heavy atom. The molecule has 0 saturated carbocycles. The van der Waals surface area contributed by atoms with Crippen LogP contribution in [0.25, 0.3) is 10.9 Å². The molecule has 0 fully saturated rings. The molecule has 114 valence electrons. The van der Waals surface area contributed by atoms with E-state index >= 15 is 0 Å². The Balaban J connectivity index is 0.000000495. The van der Waals surface area contributed by atoms with Gasteiger partial charge in [-0.15, -0.1) is 17.0 Å².